The molecule has 0 fully saturated rings. The number of pyridine rings is 1. The van der Waals surface area contributed by atoms with Crippen LogP contribution in [0, 0.1) is 0 Å². The summed E-state index contributed by atoms with van der Waals surface area (Å²) >= 11 is 1.31. The Labute approximate surface area is 194 Å². The van der Waals surface area contributed by atoms with Crippen LogP contribution in [0.2, 0.25) is 0 Å². The van der Waals surface area contributed by atoms with Crippen molar-refractivity contribution in [1.82, 2.24) is 29.5 Å². The zero-order valence-electron chi connectivity index (χ0n) is 17.4. The highest BCUT2D eigenvalue weighted by molar-refractivity contribution is 7.99. The van der Waals surface area contributed by atoms with Crippen LogP contribution in [0.5, 0.6) is 0 Å². The minimum atomic E-state index is -0.177. The Bertz CT molecular complexity index is 1350. The molecular weight excluding hydrogens is 434 g/mol. The van der Waals surface area contributed by atoms with E-state index in [-0.39, 0.29) is 11.7 Å². The van der Waals surface area contributed by atoms with Crippen LogP contribution in [0.15, 0.2) is 103 Å². The first-order valence-corrected chi connectivity index (χ1v) is 11.2. The lowest BCUT2D eigenvalue weighted by molar-refractivity contribution is -0.113. The van der Waals surface area contributed by atoms with Crippen molar-refractivity contribution in [3.8, 4) is 22.8 Å². The van der Waals surface area contributed by atoms with Crippen molar-refractivity contribution in [3.05, 3.63) is 97.5 Å². The zero-order valence-corrected chi connectivity index (χ0v) is 18.3. The number of nitrogens with one attached hydrogen (secondary N) is 1. The third-order valence-corrected chi connectivity index (χ3v) is 5.71. The van der Waals surface area contributed by atoms with E-state index in [2.05, 4.69) is 25.6 Å². The highest BCUT2D eigenvalue weighted by Gasteiger charge is 2.17. The van der Waals surface area contributed by atoms with Crippen molar-refractivity contribution in [1.29, 1.82) is 0 Å². The summed E-state index contributed by atoms with van der Waals surface area (Å²) in [6.45, 7) is 0. The molecule has 5 rings (SSSR count). The minimum absolute atomic E-state index is 0.163. The molecule has 1 amide bonds. The maximum atomic E-state index is 12.6. The highest BCUT2D eigenvalue weighted by atomic mass is 32.2. The maximum Gasteiger partial charge on any atom is 0.236 e. The van der Waals surface area contributed by atoms with Crippen molar-refractivity contribution in [2.45, 2.75) is 5.16 Å². The van der Waals surface area contributed by atoms with Gasteiger partial charge in [-0.15, -0.1) is 10.2 Å². The van der Waals surface area contributed by atoms with E-state index in [4.69, 9.17) is 0 Å². The Balaban J connectivity index is 1.32. The quantitative estimate of drug-likeness (QED) is 0.371. The third kappa shape index (κ3) is 4.68. The molecule has 3 heterocycles. The van der Waals surface area contributed by atoms with Gasteiger partial charge in [-0.05, 0) is 36.4 Å². The number of aromatic nitrogens is 6. The Kier molecular flexibility index (Phi) is 5.94. The van der Waals surface area contributed by atoms with E-state index in [1.807, 2.05) is 83.6 Å². The van der Waals surface area contributed by atoms with E-state index in [1.165, 1.54) is 11.8 Å². The predicted octanol–water partition coefficient (Wildman–Crippen LogP) is 4.25. The molecular formula is C24H19N7OS. The first kappa shape index (κ1) is 20.7. The molecule has 0 bridgehead atoms. The first-order chi connectivity index (χ1) is 16.3. The van der Waals surface area contributed by atoms with E-state index in [0.29, 0.717) is 16.8 Å². The van der Waals surface area contributed by atoms with Crippen LogP contribution in [-0.4, -0.2) is 41.2 Å². The number of thioether (sulfide) groups is 1. The summed E-state index contributed by atoms with van der Waals surface area (Å²) in [6.07, 6.45) is 5.27. The number of rotatable bonds is 7. The van der Waals surface area contributed by atoms with Crippen molar-refractivity contribution in [2.75, 3.05) is 11.1 Å². The summed E-state index contributed by atoms with van der Waals surface area (Å²) < 4.78 is 3.65. The second kappa shape index (κ2) is 9.49. The van der Waals surface area contributed by atoms with Crippen LogP contribution >= 0.6 is 11.8 Å². The molecule has 0 atom stereocenters. The topological polar surface area (TPSA) is 90.5 Å². The molecule has 0 saturated carbocycles. The molecule has 0 aliphatic carbocycles. The van der Waals surface area contributed by atoms with Crippen molar-refractivity contribution in [3.63, 3.8) is 0 Å². The van der Waals surface area contributed by atoms with Crippen LogP contribution in [-0.2, 0) is 4.79 Å². The Morgan fingerprint density at radius 3 is 2.36 bits per heavy atom. The average molecular weight is 454 g/mol. The van der Waals surface area contributed by atoms with E-state index >= 15 is 0 Å². The Morgan fingerprint density at radius 2 is 1.64 bits per heavy atom. The van der Waals surface area contributed by atoms with Gasteiger partial charge in [0.05, 0.1) is 11.4 Å². The number of amides is 1. The Morgan fingerprint density at radius 1 is 0.879 bits per heavy atom. The van der Waals surface area contributed by atoms with Crippen molar-refractivity contribution >= 4 is 23.5 Å². The number of hydrogen-bond donors (Lipinski definition) is 1. The molecule has 8 nitrogen and oxygen atoms in total. The molecule has 0 radical (unpaired) electrons. The predicted molar refractivity (Wildman–Crippen MR) is 128 cm³/mol. The lowest BCUT2D eigenvalue weighted by atomic mass is 10.2. The fraction of sp³-hybridized carbons (Fsp3) is 0.0417. The SMILES string of the molecule is O=C(CSc1nnc(-c2cccnc2)n1-c1ccccc1)Nc1ccn(-c2ccccc2)n1. The Hall–Kier alpha value is -4.24. The van der Waals surface area contributed by atoms with Gasteiger partial charge in [0, 0.05) is 35.9 Å². The van der Waals surface area contributed by atoms with Gasteiger partial charge < -0.3 is 5.32 Å². The molecule has 9 heteroatoms. The molecule has 33 heavy (non-hydrogen) atoms. The largest absolute Gasteiger partial charge is 0.308 e. The van der Waals surface area contributed by atoms with Crippen LogP contribution in [0.1, 0.15) is 0 Å². The van der Waals surface area contributed by atoms with Crippen LogP contribution < -0.4 is 5.32 Å². The van der Waals surface area contributed by atoms with Crippen LogP contribution in [0.25, 0.3) is 22.8 Å². The normalized spacial score (nSPS) is 10.8. The van der Waals surface area contributed by atoms with E-state index < -0.39 is 0 Å². The van der Waals surface area contributed by atoms with Gasteiger partial charge in [-0.25, -0.2) is 4.68 Å². The number of carbonyl (C=O) groups excluding carboxylic acids is 1. The molecule has 0 spiro atoms. The number of para-hydroxylation sites is 2. The van der Waals surface area contributed by atoms with Gasteiger partial charge >= 0.3 is 0 Å². The van der Waals surface area contributed by atoms with Gasteiger partial charge in [-0.2, -0.15) is 5.10 Å². The van der Waals surface area contributed by atoms with E-state index in [0.717, 1.165) is 16.9 Å². The molecule has 0 unspecified atom stereocenters. The average Bonchev–Trinajstić information content (AvgIpc) is 3.52. The lowest BCUT2D eigenvalue weighted by Gasteiger charge is -2.10. The second-order valence-electron chi connectivity index (χ2n) is 7.04. The first-order valence-electron chi connectivity index (χ1n) is 10.2. The van der Waals surface area contributed by atoms with Crippen molar-refractivity contribution < 1.29 is 4.79 Å². The summed E-state index contributed by atoms with van der Waals surface area (Å²) in [5.41, 5.74) is 2.67. The fourth-order valence-corrected chi connectivity index (χ4v) is 4.03. The van der Waals surface area contributed by atoms with E-state index in [1.54, 1.807) is 23.1 Å². The molecule has 0 aliphatic rings. The molecule has 3 aromatic heterocycles. The molecule has 162 valence electrons. The molecule has 2 aromatic carbocycles. The molecule has 0 aliphatic heterocycles. The van der Waals surface area contributed by atoms with Crippen LogP contribution in [0.3, 0.4) is 0 Å². The molecule has 5 aromatic rings. The molecule has 0 saturated heterocycles. The third-order valence-electron chi connectivity index (χ3n) is 4.78. The van der Waals surface area contributed by atoms with E-state index in [9.17, 15) is 4.79 Å². The minimum Gasteiger partial charge on any atom is -0.308 e. The van der Waals surface area contributed by atoms with Gasteiger partial charge in [0.1, 0.15) is 0 Å². The lowest BCUT2D eigenvalue weighted by Crippen LogP contribution is -2.15. The monoisotopic (exact) mass is 453 g/mol. The van der Waals surface area contributed by atoms with Crippen molar-refractivity contribution in [2.24, 2.45) is 0 Å². The smallest absolute Gasteiger partial charge is 0.236 e. The maximum absolute atomic E-state index is 12.6. The summed E-state index contributed by atoms with van der Waals surface area (Å²) in [5, 5.41) is 16.6. The van der Waals surface area contributed by atoms with Gasteiger partial charge in [-0.1, -0.05) is 48.2 Å². The number of benzene rings is 2. The second-order valence-corrected chi connectivity index (χ2v) is 7.98. The number of hydrogen-bond acceptors (Lipinski definition) is 6. The molecule has 1 N–H and O–H groups in total. The fourth-order valence-electron chi connectivity index (χ4n) is 3.28. The highest BCUT2D eigenvalue weighted by Crippen LogP contribution is 2.27. The number of carbonyl (C=O) groups is 1. The summed E-state index contributed by atoms with van der Waals surface area (Å²) in [6, 6.07) is 25.1. The van der Waals surface area contributed by atoms with Gasteiger partial charge in [0.2, 0.25) is 5.91 Å². The van der Waals surface area contributed by atoms with Crippen LogP contribution in [0.4, 0.5) is 5.82 Å². The number of anilines is 1. The summed E-state index contributed by atoms with van der Waals surface area (Å²) in [7, 11) is 0. The summed E-state index contributed by atoms with van der Waals surface area (Å²) in [5.74, 6) is 1.14. The summed E-state index contributed by atoms with van der Waals surface area (Å²) in [4.78, 5) is 16.8. The van der Waals surface area contributed by atoms with Gasteiger partial charge in [-0.3, -0.25) is 14.3 Å². The number of nitrogens with zero attached hydrogens (tertiary/aromatic N) is 6. The zero-order chi connectivity index (χ0) is 22.5. The van der Waals surface area contributed by atoms with Gasteiger partial charge in [0.25, 0.3) is 0 Å². The van der Waals surface area contributed by atoms with Gasteiger partial charge in [0.15, 0.2) is 16.8 Å². The standard InChI is InChI=1S/C24H19N7OS/c32-22(26-21-13-15-30(29-21)19-9-3-1-4-10-19)17-33-24-28-27-23(18-8-7-14-25-16-18)31(24)20-11-5-2-6-12-20/h1-16H,17H2,(H,26,29,32).